The van der Waals surface area contributed by atoms with E-state index in [1.165, 1.54) is 24.9 Å². The van der Waals surface area contributed by atoms with Crippen LogP contribution in [0.15, 0.2) is 30.3 Å². The summed E-state index contributed by atoms with van der Waals surface area (Å²) in [6.07, 6.45) is 2.67. The molecular formula is C15H26N2. The van der Waals surface area contributed by atoms with Crippen LogP contribution in [-0.2, 0) is 6.54 Å². The lowest BCUT2D eigenvalue weighted by Crippen LogP contribution is -2.34. The summed E-state index contributed by atoms with van der Waals surface area (Å²) in [7, 11) is 2.20. The van der Waals surface area contributed by atoms with Gasteiger partial charge in [0.2, 0.25) is 0 Å². The highest BCUT2D eigenvalue weighted by Crippen LogP contribution is 2.08. The van der Waals surface area contributed by atoms with Crippen molar-refractivity contribution in [3.05, 3.63) is 35.9 Å². The maximum atomic E-state index is 3.53. The molecule has 0 aliphatic carbocycles. The van der Waals surface area contributed by atoms with Crippen LogP contribution in [0.25, 0.3) is 0 Å². The Morgan fingerprint density at radius 2 is 1.94 bits per heavy atom. The largest absolute Gasteiger partial charge is 0.313 e. The van der Waals surface area contributed by atoms with E-state index in [0.717, 1.165) is 13.1 Å². The van der Waals surface area contributed by atoms with Crippen molar-refractivity contribution in [1.82, 2.24) is 10.2 Å². The molecule has 1 atom stereocenters. The van der Waals surface area contributed by atoms with Crippen LogP contribution in [-0.4, -0.2) is 31.1 Å². The Morgan fingerprint density at radius 1 is 1.24 bits per heavy atom. The standard InChI is InChI=1S/C13H20N2.C2H6/c1-15(11-13-8-5-9-14-13)10-12-6-3-2-4-7-12;1-2/h2-4,6-7,13-14H,5,8-11H2,1H3;1-2H3. The minimum atomic E-state index is 0.707. The Labute approximate surface area is 106 Å². The molecule has 2 nitrogen and oxygen atoms in total. The monoisotopic (exact) mass is 234 g/mol. The van der Waals surface area contributed by atoms with Gasteiger partial charge >= 0.3 is 0 Å². The van der Waals surface area contributed by atoms with Crippen molar-refractivity contribution < 1.29 is 0 Å². The van der Waals surface area contributed by atoms with Gasteiger partial charge in [-0.1, -0.05) is 44.2 Å². The maximum Gasteiger partial charge on any atom is 0.0231 e. The van der Waals surface area contributed by atoms with Crippen molar-refractivity contribution in [2.75, 3.05) is 20.1 Å². The lowest BCUT2D eigenvalue weighted by atomic mass is 10.2. The van der Waals surface area contributed by atoms with Crippen molar-refractivity contribution in [2.45, 2.75) is 39.3 Å². The molecule has 1 unspecified atom stereocenters. The molecule has 0 spiro atoms. The van der Waals surface area contributed by atoms with Crippen LogP contribution in [0, 0.1) is 0 Å². The molecule has 1 aliphatic heterocycles. The minimum absolute atomic E-state index is 0.707. The van der Waals surface area contributed by atoms with E-state index in [9.17, 15) is 0 Å². The Kier molecular flexibility index (Phi) is 6.90. The summed E-state index contributed by atoms with van der Waals surface area (Å²) in [5.74, 6) is 0. The number of rotatable bonds is 4. The Balaban J connectivity index is 0.000000686. The number of hydrogen-bond acceptors (Lipinski definition) is 2. The fourth-order valence-corrected chi connectivity index (χ4v) is 2.25. The van der Waals surface area contributed by atoms with E-state index >= 15 is 0 Å². The summed E-state index contributed by atoms with van der Waals surface area (Å²) in [6, 6.07) is 11.4. The third-order valence-electron chi connectivity index (χ3n) is 2.99. The van der Waals surface area contributed by atoms with E-state index in [4.69, 9.17) is 0 Å². The van der Waals surface area contributed by atoms with Crippen LogP contribution in [0.3, 0.4) is 0 Å². The van der Waals surface area contributed by atoms with Gasteiger partial charge in [-0.15, -0.1) is 0 Å². The molecule has 1 saturated heterocycles. The average molecular weight is 234 g/mol. The lowest BCUT2D eigenvalue weighted by molar-refractivity contribution is 0.293. The van der Waals surface area contributed by atoms with Crippen molar-refractivity contribution in [3.63, 3.8) is 0 Å². The molecule has 0 bridgehead atoms. The molecule has 1 heterocycles. The fourth-order valence-electron chi connectivity index (χ4n) is 2.25. The van der Waals surface area contributed by atoms with Gasteiger partial charge in [-0.05, 0) is 32.0 Å². The van der Waals surface area contributed by atoms with Crippen molar-refractivity contribution >= 4 is 0 Å². The minimum Gasteiger partial charge on any atom is -0.313 e. The van der Waals surface area contributed by atoms with Crippen LogP contribution in [0.4, 0.5) is 0 Å². The van der Waals surface area contributed by atoms with E-state index in [-0.39, 0.29) is 0 Å². The number of nitrogens with zero attached hydrogens (tertiary/aromatic N) is 1. The summed E-state index contributed by atoms with van der Waals surface area (Å²) < 4.78 is 0. The zero-order valence-corrected chi connectivity index (χ0v) is 11.4. The predicted octanol–water partition coefficient (Wildman–Crippen LogP) is 2.90. The summed E-state index contributed by atoms with van der Waals surface area (Å²) in [4.78, 5) is 2.40. The summed E-state index contributed by atoms with van der Waals surface area (Å²) in [5.41, 5.74) is 1.40. The molecule has 1 fully saturated rings. The summed E-state index contributed by atoms with van der Waals surface area (Å²) >= 11 is 0. The molecule has 2 heteroatoms. The maximum absolute atomic E-state index is 3.53. The molecule has 17 heavy (non-hydrogen) atoms. The lowest BCUT2D eigenvalue weighted by Gasteiger charge is -2.21. The van der Waals surface area contributed by atoms with Crippen molar-refractivity contribution in [1.29, 1.82) is 0 Å². The van der Waals surface area contributed by atoms with Gasteiger partial charge in [0.1, 0.15) is 0 Å². The summed E-state index contributed by atoms with van der Waals surface area (Å²) in [5, 5.41) is 3.53. The predicted molar refractivity (Wildman–Crippen MR) is 75.1 cm³/mol. The van der Waals surface area contributed by atoms with Crippen molar-refractivity contribution in [3.8, 4) is 0 Å². The highest BCUT2D eigenvalue weighted by atomic mass is 15.1. The SMILES string of the molecule is CC.CN(Cc1ccccc1)CC1CCCN1. The second-order valence-corrected chi connectivity index (χ2v) is 4.48. The van der Waals surface area contributed by atoms with Crippen LogP contribution in [0.2, 0.25) is 0 Å². The second-order valence-electron chi connectivity index (χ2n) is 4.48. The Morgan fingerprint density at radius 3 is 2.53 bits per heavy atom. The molecule has 96 valence electrons. The molecule has 1 N–H and O–H groups in total. The van der Waals surface area contributed by atoms with Gasteiger partial charge in [0.05, 0.1) is 0 Å². The highest BCUT2D eigenvalue weighted by Gasteiger charge is 2.15. The smallest absolute Gasteiger partial charge is 0.0231 e. The highest BCUT2D eigenvalue weighted by molar-refractivity contribution is 5.14. The van der Waals surface area contributed by atoms with Crippen LogP contribution >= 0.6 is 0 Å². The van der Waals surface area contributed by atoms with Crippen molar-refractivity contribution in [2.24, 2.45) is 0 Å². The normalized spacial score (nSPS) is 18.9. The molecule has 1 aliphatic rings. The summed E-state index contributed by atoms with van der Waals surface area (Å²) in [6.45, 7) is 7.41. The number of likely N-dealkylation sites (N-methyl/N-ethyl adjacent to an activating group) is 1. The van der Waals surface area contributed by atoms with Crippen LogP contribution in [0.1, 0.15) is 32.3 Å². The van der Waals surface area contributed by atoms with Gasteiger partial charge in [0.15, 0.2) is 0 Å². The number of nitrogens with one attached hydrogen (secondary N) is 1. The number of benzene rings is 1. The third-order valence-corrected chi connectivity index (χ3v) is 2.99. The first-order chi connectivity index (χ1) is 8.34. The van der Waals surface area contributed by atoms with Gasteiger partial charge in [0.25, 0.3) is 0 Å². The molecule has 1 aromatic rings. The molecule has 2 rings (SSSR count). The second kappa shape index (κ2) is 8.26. The first-order valence-corrected chi connectivity index (χ1v) is 6.80. The topological polar surface area (TPSA) is 15.3 Å². The first-order valence-electron chi connectivity index (χ1n) is 6.80. The molecule has 1 aromatic carbocycles. The molecule has 0 saturated carbocycles. The van der Waals surface area contributed by atoms with Crippen LogP contribution in [0.5, 0.6) is 0 Å². The van der Waals surface area contributed by atoms with E-state index in [1.54, 1.807) is 0 Å². The zero-order chi connectivity index (χ0) is 12.5. The number of hydrogen-bond donors (Lipinski definition) is 1. The Hall–Kier alpha value is -0.860. The van der Waals surface area contributed by atoms with E-state index in [0.29, 0.717) is 6.04 Å². The molecule has 0 radical (unpaired) electrons. The Bertz CT molecular complexity index is 278. The molecule has 0 aromatic heterocycles. The zero-order valence-electron chi connectivity index (χ0n) is 11.4. The average Bonchev–Trinajstić information content (AvgIpc) is 2.85. The first kappa shape index (κ1) is 14.2. The van der Waals surface area contributed by atoms with E-state index in [2.05, 4.69) is 47.6 Å². The van der Waals surface area contributed by atoms with Gasteiger partial charge < -0.3 is 10.2 Å². The third kappa shape index (κ3) is 5.33. The van der Waals surface area contributed by atoms with Gasteiger partial charge in [-0.3, -0.25) is 0 Å². The molecule has 0 amide bonds. The van der Waals surface area contributed by atoms with Gasteiger partial charge in [-0.2, -0.15) is 0 Å². The fraction of sp³-hybridized carbons (Fsp3) is 0.600. The van der Waals surface area contributed by atoms with Gasteiger partial charge in [-0.25, -0.2) is 0 Å². The van der Waals surface area contributed by atoms with Crippen LogP contribution < -0.4 is 5.32 Å². The van der Waals surface area contributed by atoms with Gasteiger partial charge in [0, 0.05) is 19.1 Å². The molecular weight excluding hydrogens is 208 g/mol. The van der Waals surface area contributed by atoms with E-state index < -0.39 is 0 Å². The quantitative estimate of drug-likeness (QED) is 0.862. The van der Waals surface area contributed by atoms with E-state index in [1.807, 2.05) is 13.8 Å².